The summed E-state index contributed by atoms with van der Waals surface area (Å²) in [7, 11) is -3.00. The lowest BCUT2D eigenvalue weighted by atomic mass is 10.2. The maximum atomic E-state index is 12.7. The Bertz CT molecular complexity index is 831. The van der Waals surface area contributed by atoms with Gasteiger partial charge < -0.3 is 4.90 Å². The van der Waals surface area contributed by atoms with Crippen LogP contribution in [0.25, 0.3) is 10.6 Å². The van der Waals surface area contributed by atoms with Crippen molar-refractivity contribution >= 4 is 27.1 Å². The van der Waals surface area contributed by atoms with Crippen molar-refractivity contribution in [3.8, 4) is 10.6 Å². The van der Waals surface area contributed by atoms with Crippen molar-refractivity contribution in [2.75, 3.05) is 18.1 Å². The predicted octanol–water partition coefficient (Wildman–Crippen LogP) is 2.78. The van der Waals surface area contributed by atoms with Crippen LogP contribution in [0.3, 0.4) is 0 Å². The summed E-state index contributed by atoms with van der Waals surface area (Å²) in [6.45, 7) is 2.59. The van der Waals surface area contributed by atoms with Gasteiger partial charge in [0.15, 0.2) is 9.84 Å². The largest absolute Gasteiger partial charge is 0.338 e. The molecule has 0 saturated carbocycles. The lowest BCUT2D eigenvalue weighted by Gasteiger charge is -2.27. The van der Waals surface area contributed by atoms with Crippen molar-refractivity contribution in [3.05, 3.63) is 41.4 Å². The number of hydrogen-bond donors (Lipinski definition) is 0. The minimum absolute atomic E-state index is 0.0335. The molecule has 0 N–H and O–H groups in total. The zero-order valence-electron chi connectivity index (χ0n) is 14.2. The molecule has 1 saturated heterocycles. The number of sulfone groups is 1. The van der Waals surface area contributed by atoms with Crippen LogP contribution in [0.1, 0.15) is 25.5 Å². The van der Waals surface area contributed by atoms with E-state index in [1.807, 2.05) is 42.6 Å². The average molecular weight is 379 g/mol. The normalized spacial score (nSPS) is 19.0. The highest BCUT2D eigenvalue weighted by Crippen LogP contribution is 2.24. The number of aromatic nitrogens is 1. The Morgan fingerprint density at radius 3 is 2.72 bits per heavy atom. The van der Waals surface area contributed by atoms with E-state index in [0.29, 0.717) is 13.0 Å². The molecular formula is C18H22N2O3S2. The summed E-state index contributed by atoms with van der Waals surface area (Å²) < 4.78 is 23.5. The van der Waals surface area contributed by atoms with Gasteiger partial charge in [0, 0.05) is 23.5 Å². The van der Waals surface area contributed by atoms with Gasteiger partial charge in [0.25, 0.3) is 0 Å². The lowest BCUT2D eigenvalue weighted by molar-refractivity contribution is -0.132. The van der Waals surface area contributed by atoms with E-state index in [1.54, 1.807) is 4.90 Å². The van der Waals surface area contributed by atoms with E-state index in [4.69, 9.17) is 0 Å². The monoisotopic (exact) mass is 378 g/mol. The van der Waals surface area contributed by atoms with E-state index in [-0.39, 0.29) is 29.9 Å². The maximum Gasteiger partial charge on any atom is 0.228 e. The molecule has 3 rings (SSSR count). The van der Waals surface area contributed by atoms with E-state index >= 15 is 0 Å². The highest BCUT2D eigenvalue weighted by atomic mass is 32.2. The Hall–Kier alpha value is -1.73. The Labute approximate surface area is 152 Å². The molecule has 0 bridgehead atoms. The molecule has 1 aromatic carbocycles. The summed E-state index contributed by atoms with van der Waals surface area (Å²) >= 11 is 1.52. The highest BCUT2D eigenvalue weighted by Gasteiger charge is 2.34. The molecule has 25 heavy (non-hydrogen) atoms. The molecule has 0 radical (unpaired) electrons. The van der Waals surface area contributed by atoms with Crippen molar-refractivity contribution in [2.24, 2.45) is 0 Å². The van der Waals surface area contributed by atoms with Crippen molar-refractivity contribution in [2.45, 2.75) is 32.2 Å². The van der Waals surface area contributed by atoms with Gasteiger partial charge in [-0.25, -0.2) is 13.4 Å². The SMILES string of the molecule is CCCN(C(=O)Cc1csc(-c2ccccc2)n1)[C@H]1CCS(=O)(=O)C1. The van der Waals surface area contributed by atoms with Crippen LogP contribution in [0.4, 0.5) is 0 Å². The number of thiazole rings is 1. The molecule has 2 heterocycles. The summed E-state index contributed by atoms with van der Waals surface area (Å²) in [6.07, 6.45) is 1.58. The molecule has 1 amide bonds. The van der Waals surface area contributed by atoms with Crippen LogP contribution in [-0.2, 0) is 21.1 Å². The Kier molecular flexibility index (Phi) is 5.54. The fraction of sp³-hybridized carbons (Fsp3) is 0.444. The average Bonchev–Trinajstić information content (AvgIpc) is 3.19. The third-order valence-corrected chi connectivity index (χ3v) is 7.03. The zero-order chi connectivity index (χ0) is 17.9. The Morgan fingerprint density at radius 1 is 1.32 bits per heavy atom. The van der Waals surface area contributed by atoms with Crippen molar-refractivity contribution in [3.63, 3.8) is 0 Å². The predicted molar refractivity (Wildman–Crippen MR) is 100 cm³/mol. The van der Waals surface area contributed by atoms with Gasteiger partial charge in [-0.1, -0.05) is 37.3 Å². The van der Waals surface area contributed by atoms with Gasteiger partial charge in [0.1, 0.15) is 5.01 Å². The summed E-state index contributed by atoms with van der Waals surface area (Å²) in [4.78, 5) is 19.1. The van der Waals surface area contributed by atoms with E-state index in [9.17, 15) is 13.2 Å². The van der Waals surface area contributed by atoms with Crippen LogP contribution in [0, 0.1) is 0 Å². The number of nitrogens with zero attached hydrogens (tertiary/aromatic N) is 2. The number of rotatable bonds is 6. The number of benzene rings is 1. The maximum absolute atomic E-state index is 12.7. The smallest absolute Gasteiger partial charge is 0.228 e. The van der Waals surface area contributed by atoms with Gasteiger partial charge in [-0.2, -0.15) is 0 Å². The summed E-state index contributed by atoms with van der Waals surface area (Å²) in [6, 6.07) is 9.69. The number of carbonyl (C=O) groups excluding carboxylic acids is 1. The van der Waals surface area contributed by atoms with Crippen LogP contribution >= 0.6 is 11.3 Å². The highest BCUT2D eigenvalue weighted by molar-refractivity contribution is 7.91. The van der Waals surface area contributed by atoms with Crippen molar-refractivity contribution in [1.29, 1.82) is 0 Å². The molecule has 1 aliphatic rings. The molecule has 0 spiro atoms. The first-order valence-electron chi connectivity index (χ1n) is 8.48. The number of hydrogen-bond acceptors (Lipinski definition) is 5. The van der Waals surface area contributed by atoms with Crippen molar-refractivity contribution < 1.29 is 13.2 Å². The fourth-order valence-electron chi connectivity index (χ4n) is 3.13. The molecule has 1 aromatic heterocycles. The third kappa shape index (κ3) is 4.46. The minimum atomic E-state index is -3.00. The number of amides is 1. The van der Waals surface area contributed by atoms with Crippen LogP contribution in [0.2, 0.25) is 0 Å². The van der Waals surface area contributed by atoms with Gasteiger partial charge in [-0.15, -0.1) is 11.3 Å². The van der Waals surface area contributed by atoms with Gasteiger partial charge in [-0.05, 0) is 12.8 Å². The molecule has 0 unspecified atom stereocenters. The molecule has 7 heteroatoms. The second kappa shape index (κ2) is 7.66. The molecular weight excluding hydrogens is 356 g/mol. The van der Waals surface area contributed by atoms with Gasteiger partial charge in [0.05, 0.1) is 23.6 Å². The van der Waals surface area contributed by atoms with Crippen LogP contribution in [-0.4, -0.2) is 48.3 Å². The standard InChI is InChI=1S/C18H22N2O3S2/c1-2-9-20(16-8-10-25(22,23)13-16)17(21)11-15-12-24-18(19-15)14-6-4-3-5-7-14/h3-7,12,16H,2,8-11,13H2,1H3/t16-/m0/s1. The first kappa shape index (κ1) is 18.1. The number of carbonyl (C=O) groups is 1. The lowest BCUT2D eigenvalue weighted by Crippen LogP contribution is -2.42. The molecule has 1 aliphatic heterocycles. The van der Waals surface area contributed by atoms with E-state index < -0.39 is 9.84 Å². The first-order valence-corrected chi connectivity index (χ1v) is 11.2. The molecule has 0 aliphatic carbocycles. The second-order valence-corrected chi connectivity index (χ2v) is 9.42. The third-order valence-electron chi connectivity index (χ3n) is 4.34. The van der Waals surface area contributed by atoms with Gasteiger partial charge >= 0.3 is 0 Å². The van der Waals surface area contributed by atoms with Crippen LogP contribution in [0.5, 0.6) is 0 Å². The van der Waals surface area contributed by atoms with E-state index in [2.05, 4.69) is 4.98 Å². The van der Waals surface area contributed by atoms with E-state index in [0.717, 1.165) is 22.7 Å². The summed E-state index contributed by atoms with van der Waals surface area (Å²) in [5, 5.41) is 2.81. The summed E-state index contributed by atoms with van der Waals surface area (Å²) in [5.74, 6) is 0.235. The first-order chi connectivity index (χ1) is 12.0. The quantitative estimate of drug-likeness (QED) is 0.775. The van der Waals surface area contributed by atoms with Gasteiger partial charge in [-0.3, -0.25) is 4.79 Å². The van der Waals surface area contributed by atoms with Gasteiger partial charge in [0.2, 0.25) is 5.91 Å². The van der Waals surface area contributed by atoms with Crippen LogP contribution < -0.4 is 0 Å². The Balaban J connectivity index is 1.70. The molecule has 1 atom stereocenters. The van der Waals surface area contributed by atoms with E-state index in [1.165, 1.54) is 11.3 Å². The summed E-state index contributed by atoms with van der Waals surface area (Å²) in [5.41, 5.74) is 1.79. The van der Waals surface area contributed by atoms with Crippen LogP contribution in [0.15, 0.2) is 35.7 Å². The zero-order valence-corrected chi connectivity index (χ0v) is 15.9. The minimum Gasteiger partial charge on any atom is -0.338 e. The Morgan fingerprint density at radius 2 is 2.08 bits per heavy atom. The molecule has 1 fully saturated rings. The van der Waals surface area contributed by atoms with Crippen molar-refractivity contribution in [1.82, 2.24) is 9.88 Å². The molecule has 5 nitrogen and oxygen atoms in total. The topological polar surface area (TPSA) is 67.3 Å². The fourth-order valence-corrected chi connectivity index (χ4v) is 5.69. The second-order valence-electron chi connectivity index (χ2n) is 6.33. The molecule has 134 valence electrons. The molecule has 2 aromatic rings.